The molecular formula is C21H16ClF3N4O3S. The van der Waals surface area contributed by atoms with E-state index in [0.29, 0.717) is 16.5 Å². The van der Waals surface area contributed by atoms with Gasteiger partial charge in [-0.2, -0.15) is 23.3 Å². The Morgan fingerprint density at radius 1 is 1.24 bits per heavy atom. The number of hydrogen-bond donors (Lipinski definition) is 0. The number of hydrogen-bond acceptors (Lipinski definition) is 5. The molecule has 3 aromatic rings. The first-order chi connectivity index (χ1) is 15.6. The molecule has 1 aromatic heterocycles. The molecule has 0 bridgehead atoms. The Morgan fingerprint density at radius 2 is 2.00 bits per heavy atom. The lowest BCUT2D eigenvalue weighted by atomic mass is 10.1. The number of hydroxylamine groups is 2. The number of carbonyl (C=O) groups excluding carboxylic acids is 1. The third-order valence-electron chi connectivity index (χ3n) is 4.98. The zero-order valence-corrected chi connectivity index (χ0v) is 18.8. The zero-order valence-electron chi connectivity index (χ0n) is 17.3. The number of halogens is 4. The number of rotatable bonds is 4. The highest BCUT2D eigenvalue weighted by Gasteiger charge is 2.34. The summed E-state index contributed by atoms with van der Waals surface area (Å²) in [5.41, 5.74) is 0.369. The molecule has 0 saturated carbocycles. The molecule has 0 aliphatic carbocycles. The molecule has 7 nitrogen and oxygen atoms in total. The van der Waals surface area contributed by atoms with Crippen LogP contribution in [0, 0.1) is 0 Å². The van der Waals surface area contributed by atoms with E-state index in [0.717, 1.165) is 11.1 Å². The number of nitrogens with zero attached hydrogens (tertiary/aromatic N) is 4. The van der Waals surface area contributed by atoms with Crippen molar-refractivity contribution in [2.75, 3.05) is 14.2 Å². The lowest BCUT2D eigenvalue weighted by Gasteiger charge is -2.14. The van der Waals surface area contributed by atoms with Crippen molar-refractivity contribution >= 4 is 50.5 Å². The van der Waals surface area contributed by atoms with Gasteiger partial charge in [-0.05, 0) is 41.5 Å². The van der Waals surface area contributed by atoms with Crippen LogP contribution in [0.4, 0.5) is 13.2 Å². The SMILES string of the molecule is CON(C)C1=NC(=O)C(=Cc2ccc3c(cnn3Cc3ccc(Cl)cc3C(F)(F)F)c2)S1=O. The van der Waals surface area contributed by atoms with E-state index in [1.165, 1.54) is 43.2 Å². The molecule has 2 aromatic carbocycles. The van der Waals surface area contributed by atoms with Crippen LogP contribution in [-0.4, -0.2) is 44.3 Å². The molecule has 1 amide bonds. The van der Waals surface area contributed by atoms with Gasteiger partial charge in [0.15, 0.2) is 0 Å². The average Bonchev–Trinajstić information content (AvgIpc) is 3.29. The van der Waals surface area contributed by atoms with Crippen LogP contribution in [0.1, 0.15) is 16.7 Å². The predicted molar refractivity (Wildman–Crippen MR) is 119 cm³/mol. The van der Waals surface area contributed by atoms with Gasteiger partial charge in [-0.15, -0.1) is 0 Å². The Labute approximate surface area is 193 Å². The summed E-state index contributed by atoms with van der Waals surface area (Å²) in [5.74, 6) is -0.634. The van der Waals surface area contributed by atoms with E-state index in [4.69, 9.17) is 16.4 Å². The average molecular weight is 497 g/mol. The van der Waals surface area contributed by atoms with Crippen molar-refractivity contribution in [3.8, 4) is 0 Å². The van der Waals surface area contributed by atoms with Crippen LogP contribution in [0.25, 0.3) is 17.0 Å². The van der Waals surface area contributed by atoms with Gasteiger partial charge in [0.1, 0.15) is 15.7 Å². The van der Waals surface area contributed by atoms with E-state index < -0.39 is 28.4 Å². The molecule has 33 heavy (non-hydrogen) atoms. The number of amidine groups is 1. The van der Waals surface area contributed by atoms with E-state index in [9.17, 15) is 22.2 Å². The molecule has 0 radical (unpaired) electrons. The van der Waals surface area contributed by atoms with Crippen molar-refractivity contribution in [2.24, 2.45) is 4.99 Å². The molecule has 1 aliphatic rings. The maximum absolute atomic E-state index is 13.4. The van der Waals surface area contributed by atoms with Crippen LogP contribution >= 0.6 is 11.6 Å². The van der Waals surface area contributed by atoms with Gasteiger partial charge < -0.3 is 0 Å². The lowest BCUT2D eigenvalue weighted by Crippen LogP contribution is -2.27. The Bertz CT molecular complexity index is 1350. The molecular weight excluding hydrogens is 481 g/mol. The van der Waals surface area contributed by atoms with Crippen molar-refractivity contribution in [3.63, 3.8) is 0 Å². The van der Waals surface area contributed by atoms with Crippen LogP contribution in [-0.2, 0) is 33.2 Å². The van der Waals surface area contributed by atoms with Crippen LogP contribution in [0.5, 0.6) is 0 Å². The quantitative estimate of drug-likeness (QED) is 0.399. The number of amides is 1. The standard InChI is InChI=1S/C21H16ClF3N4O3S/c1-28(32-2)20-27-19(30)18(33(20)31)8-12-3-6-17-14(7-12)10-26-29(17)11-13-4-5-15(22)9-16(13)21(23,24)25/h3-10H,11H2,1-2H3. The van der Waals surface area contributed by atoms with Crippen LogP contribution in [0.15, 0.2) is 52.5 Å². The summed E-state index contributed by atoms with van der Waals surface area (Å²) in [4.78, 5) is 20.9. The van der Waals surface area contributed by atoms with Crippen molar-refractivity contribution in [2.45, 2.75) is 12.7 Å². The largest absolute Gasteiger partial charge is 0.416 e. The highest BCUT2D eigenvalue weighted by molar-refractivity contribution is 8.05. The van der Waals surface area contributed by atoms with Crippen molar-refractivity contribution in [3.05, 3.63) is 69.2 Å². The van der Waals surface area contributed by atoms with Crippen molar-refractivity contribution in [1.29, 1.82) is 0 Å². The predicted octanol–water partition coefficient (Wildman–Crippen LogP) is 4.24. The van der Waals surface area contributed by atoms with Gasteiger partial charge in [0.25, 0.3) is 5.91 Å². The molecule has 172 valence electrons. The second kappa shape index (κ2) is 8.73. The monoisotopic (exact) mass is 496 g/mol. The van der Waals surface area contributed by atoms with Crippen molar-refractivity contribution in [1.82, 2.24) is 14.8 Å². The topological polar surface area (TPSA) is 76.8 Å². The second-order valence-electron chi connectivity index (χ2n) is 7.08. The molecule has 0 spiro atoms. The van der Waals surface area contributed by atoms with Gasteiger partial charge in [0.2, 0.25) is 5.17 Å². The molecule has 1 unspecified atom stereocenters. The number of fused-ring (bicyclic) bond motifs is 1. The number of benzene rings is 2. The molecule has 1 atom stereocenters. The number of alkyl halides is 3. The Morgan fingerprint density at radius 3 is 2.70 bits per heavy atom. The fraction of sp³-hybridized carbons (Fsp3) is 0.190. The third-order valence-corrected chi connectivity index (χ3v) is 6.58. The van der Waals surface area contributed by atoms with E-state index in [2.05, 4.69) is 10.1 Å². The lowest BCUT2D eigenvalue weighted by molar-refractivity contribution is -0.138. The maximum atomic E-state index is 13.4. The van der Waals surface area contributed by atoms with Crippen molar-refractivity contribution < 1.29 is 27.0 Å². The van der Waals surface area contributed by atoms with Crippen LogP contribution in [0.2, 0.25) is 5.02 Å². The Balaban J connectivity index is 1.64. The number of aliphatic imine (C=N–C) groups is 1. The van der Waals surface area contributed by atoms with Gasteiger partial charge >= 0.3 is 6.18 Å². The van der Waals surface area contributed by atoms with Gasteiger partial charge in [-0.25, -0.2) is 9.27 Å². The van der Waals surface area contributed by atoms with Gasteiger partial charge in [0, 0.05) is 17.5 Å². The molecule has 12 heteroatoms. The fourth-order valence-electron chi connectivity index (χ4n) is 3.33. The number of carbonyl (C=O) groups is 1. The third kappa shape index (κ3) is 4.56. The fourth-order valence-corrected chi connectivity index (χ4v) is 4.62. The summed E-state index contributed by atoms with van der Waals surface area (Å²) in [5, 5.41) is 5.98. The molecule has 2 heterocycles. The minimum Gasteiger partial charge on any atom is -0.275 e. The Kier molecular flexibility index (Phi) is 6.12. The van der Waals surface area contributed by atoms with E-state index in [1.807, 2.05) is 0 Å². The van der Waals surface area contributed by atoms with Gasteiger partial charge in [-0.3, -0.25) is 14.3 Å². The minimum absolute atomic E-state index is 0.00300. The van der Waals surface area contributed by atoms with Gasteiger partial charge in [0.05, 0.1) is 30.9 Å². The summed E-state index contributed by atoms with van der Waals surface area (Å²) < 4.78 is 54.3. The Hall–Kier alpha value is -3.02. The van der Waals surface area contributed by atoms with E-state index in [-0.39, 0.29) is 27.2 Å². The molecule has 1 aliphatic heterocycles. The normalized spacial score (nSPS) is 17.8. The van der Waals surface area contributed by atoms with Gasteiger partial charge in [-0.1, -0.05) is 23.7 Å². The maximum Gasteiger partial charge on any atom is 0.416 e. The van der Waals surface area contributed by atoms with E-state index in [1.54, 1.807) is 18.2 Å². The first-order valence-corrected chi connectivity index (χ1v) is 11.0. The molecule has 0 fully saturated rings. The first kappa shape index (κ1) is 23.1. The summed E-state index contributed by atoms with van der Waals surface area (Å²) in [7, 11) is 1.04. The molecule has 0 saturated heterocycles. The summed E-state index contributed by atoms with van der Waals surface area (Å²) in [6.07, 6.45) is -1.59. The van der Waals surface area contributed by atoms with Crippen LogP contribution in [0.3, 0.4) is 0 Å². The van der Waals surface area contributed by atoms with Crippen LogP contribution < -0.4 is 0 Å². The highest BCUT2D eigenvalue weighted by atomic mass is 35.5. The zero-order chi connectivity index (χ0) is 23.9. The summed E-state index contributed by atoms with van der Waals surface area (Å²) in [6.45, 7) is -0.112. The summed E-state index contributed by atoms with van der Waals surface area (Å²) in [6, 6.07) is 8.64. The summed E-state index contributed by atoms with van der Waals surface area (Å²) >= 11 is 5.75. The molecule has 4 rings (SSSR count). The molecule has 0 N–H and O–H groups in total. The smallest absolute Gasteiger partial charge is 0.275 e. The highest BCUT2D eigenvalue weighted by Crippen LogP contribution is 2.34. The minimum atomic E-state index is -4.55. The number of aromatic nitrogens is 2. The van der Waals surface area contributed by atoms with E-state index >= 15 is 0 Å². The second-order valence-corrected chi connectivity index (χ2v) is 8.86. The first-order valence-electron chi connectivity index (χ1n) is 9.44.